The Labute approximate surface area is 111 Å². The minimum Gasteiger partial charge on any atom is -0.316 e. The average Bonchev–Trinajstić information content (AvgIpc) is 2.85. The highest BCUT2D eigenvalue weighted by molar-refractivity contribution is 7.99. The topological polar surface area (TPSA) is 12.0 Å². The summed E-state index contributed by atoms with van der Waals surface area (Å²) in [5, 5.41) is 5.31. The minimum atomic E-state index is 0.945. The quantitative estimate of drug-likeness (QED) is 0.796. The molecule has 0 fully saturated rings. The van der Waals surface area contributed by atoms with Crippen LogP contribution < -0.4 is 5.32 Å². The van der Waals surface area contributed by atoms with Crippen molar-refractivity contribution in [3.63, 3.8) is 0 Å². The Morgan fingerprint density at radius 2 is 2.00 bits per heavy atom. The lowest BCUT2D eigenvalue weighted by atomic mass is 10.2. The molecule has 1 N–H and O–H groups in total. The lowest BCUT2D eigenvalue weighted by Crippen LogP contribution is -2.04. The third-order valence-electron chi connectivity index (χ3n) is 2.50. The fraction of sp³-hybridized carbons (Fsp3) is 0.286. The van der Waals surface area contributed by atoms with Crippen molar-refractivity contribution in [3.05, 3.63) is 52.2 Å². The Bertz CT molecular complexity index is 420. The second kappa shape index (κ2) is 6.84. The summed E-state index contributed by atoms with van der Waals surface area (Å²) in [6.07, 6.45) is 1.17. The number of hydrogen-bond acceptors (Lipinski definition) is 3. The summed E-state index contributed by atoms with van der Waals surface area (Å²) in [5.74, 6) is 1.16. The second-order valence-electron chi connectivity index (χ2n) is 3.85. The number of nitrogens with one attached hydrogen (secondary N) is 1. The van der Waals surface area contributed by atoms with Gasteiger partial charge in [0.1, 0.15) is 0 Å². The smallest absolute Gasteiger partial charge is 0.0202 e. The first kappa shape index (κ1) is 12.7. The van der Waals surface area contributed by atoms with Gasteiger partial charge in [-0.25, -0.2) is 0 Å². The lowest BCUT2D eigenvalue weighted by Gasteiger charge is -2.03. The van der Waals surface area contributed by atoms with Gasteiger partial charge in [-0.3, -0.25) is 0 Å². The summed E-state index contributed by atoms with van der Waals surface area (Å²) in [7, 11) is 1.98. The largest absolute Gasteiger partial charge is 0.316 e. The molecule has 0 unspecified atom stereocenters. The van der Waals surface area contributed by atoms with Gasteiger partial charge in [0, 0.05) is 22.1 Å². The summed E-state index contributed by atoms with van der Waals surface area (Å²) >= 11 is 3.78. The lowest BCUT2D eigenvalue weighted by molar-refractivity contribution is 0.817. The zero-order valence-electron chi connectivity index (χ0n) is 9.98. The molecule has 3 heteroatoms. The Balaban J connectivity index is 1.79. The molecule has 1 aromatic carbocycles. The molecule has 0 amide bonds. The minimum absolute atomic E-state index is 0.945. The van der Waals surface area contributed by atoms with Crippen LogP contribution in [-0.2, 0) is 13.0 Å². The molecule has 1 nitrogen and oxygen atoms in total. The predicted octanol–water partition coefficient (Wildman–Crippen LogP) is 3.80. The van der Waals surface area contributed by atoms with E-state index in [9.17, 15) is 0 Å². The number of benzene rings is 1. The van der Waals surface area contributed by atoms with Crippen molar-refractivity contribution in [2.75, 3.05) is 12.8 Å². The Kier molecular flexibility index (Phi) is 5.10. The van der Waals surface area contributed by atoms with E-state index in [0.29, 0.717) is 0 Å². The van der Waals surface area contributed by atoms with Gasteiger partial charge < -0.3 is 5.32 Å². The molecular formula is C14H17NS2. The van der Waals surface area contributed by atoms with Gasteiger partial charge in [-0.1, -0.05) is 18.2 Å². The number of hydrogen-bond donors (Lipinski definition) is 1. The van der Waals surface area contributed by atoms with E-state index in [4.69, 9.17) is 0 Å². The number of thioether (sulfide) groups is 1. The standard InChI is InChI=1S/C14H17NS2/c1-15-11-12-4-6-14(7-5-12)17-10-8-13-3-2-9-16-13/h2-7,9,15H,8,10-11H2,1H3. The van der Waals surface area contributed by atoms with Crippen molar-refractivity contribution < 1.29 is 0 Å². The van der Waals surface area contributed by atoms with Crippen molar-refractivity contribution in [2.24, 2.45) is 0 Å². The first-order chi connectivity index (χ1) is 8.38. The van der Waals surface area contributed by atoms with Crippen LogP contribution >= 0.6 is 23.1 Å². The maximum Gasteiger partial charge on any atom is 0.0202 e. The molecule has 90 valence electrons. The SMILES string of the molecule is CNCc1ccc(SCCc2cccs2)cc1. The van der Waals surface area contributed by atoms with Crippen LogP contribution in [0.2, 0.25) is 0 Å². The van der Waals surface area contributed by atoms with E-state index in [2.05, 4.69) is 47.1 Å². The van der Waals surface area contributed by atoms with Crippen LogP contribution in [0.15, 0.2) is 46.7 Å². The van der Waals surface area contributed by atoms with E-state index in [1.54, 1.807) is 0 Å². The zero-order valence-corrected chi connectivity index (χ0v) is 11.6. The molecule has 0 bridgehead atoms. The van der Waals surface area contributed by atoms with Gasteiger partial charge in [-0.05, 0) is 42.6 Å². The highest BCUT2D eigenvalue weighted by Crippen LogP contribution is 2.21. The Morgan fingerprint density at radius 1 is 1.18 bits per heavy atom. The van der Waals surface area contributed by atoms with Crippen LogP contribution in [0.3, 0.4) is 0 Å². The molecule has 0 atom stereocenters. The maximum absolute atomic E-state index is 3.16. The van der Waals surface area contributed by atoms with E-state index >= 15 is 0 Å². The third kappa shape index (κ3) is 4.19. The summed E-state index contributed by atoms with van der Waals surface area (Å²) in [5.41, 5.74) is 1.34. The zero-order chi connectivity index (χ0) is 11.9. The first-order valence-electron chi connectivity index (χ1n) is 5.77. The summed E-state index contributed by atoms with van der Waals surface area (Å²) < 4.78 is 0. The van der Waals surface area contributed by atoms with E-state index in [0.717, 1.165) is 12.3 Å². The van der Waals surface area contributed by atoms with Gasteiger partial charge in [0.05, 0.1) is 0 Å². The van der Waals surface area contributed by atoms with Crippen LogP contribution in [0.1, 0.15) is 10.4 Å². The van der Waals surface area contributed by atoms with Gasteiger partial charge >= 0.3 is 0 Å². The van der Waals surface area contributed by atoms with Crippen molar-refractivity contribution in [1.82, 2.24) is 5.32 Å². The van der Waals surface area contributed by atoms with E-state index in [-0.39, 0.29) is 0 Å². The van der Waals surface area contributed by atoms with Crippen LogP contribution in [0.4, 0.5) is 0 Å². The third-order valence-corrected chi connectivity index (χ3v) is 4.45. The van der Waals surface area contributed by atoms with Gasteiger partial charge in [0.25, 0.3) is 0 Å². The van der Waals surface area contributed by atoms with Gasteiger partial charge in [-0.2, -0.15) is 0 Å². The van der Waals surface area contributed by atoms with Crippen LogP contribution in [0, 0.1) is 0 Å². The van der Waals surface area contributed by atoms with Gasteiger partial charge in [0.2, 0.25) is 0 Å². The average molecular weight is 263 g/mol. The molecule has 0 aliphatic heterocycles. The molecule has 0 radical (unpaired) electrons. The Hall–Kier alpha value is -0.770. The molecule has 2 rings (SSSR count). The molecule has 1 aromatic heterocycles. The van der Waals surface area contributed by atoms with Crippen LogP contribution in [-0.4, -0.2) is 12.8 Å². The molecule has 0 aliphatic carbocycles. The Morgan fingerprint density at radius 3 is 2.65 bits per heavy atom. The van der Waals surface area contributed by atoms with E-state index in [1.165, 1.54) is 21.8 Å². The molecule has 0 aliphatic rings. The molecule has 0 saturated carbocycles. The fourth-order valence-electron chi connectivity index (χ4n) is 1.63. The summed E-state index contributed by atoms with van der Waals surface area (Å²) in [6, 6.07) is 13.2. The highest BCUT2D eigenvalue weighted by atomic mass is 32.2. The first-order valence-corrected chi connectivity index (χ1v) is 7.64. The second-order valence-corrected chi connectivity index (χ2v) is 6.05. The molecule has 0 saturated heterocycles. The van der Waals surface area contributed by atoms with Gasteiger partial charge in [-0.15, -0.1) is 23.1 Å². The molecule has 0 spiro atoms. The monoisotopic (exact) mass is 263 g/mol. The van der Waals surface area contributed by atoms with Gasteiger partial charge in [0.15, 0.2) is 0 Å². The van der Waals surface area contributed by atoms with Crippen molar-refractivity contribution in [2.45, 2.75) is 17.9 Å². The maximum atomic E-state index is 3.16. The highest BCUT2D eigenvalue weighted by Gasteiger charge is 1.97. The summed E-state index contributed by atoms with van der Waals surface area (Å²) in [4.78, 5) is 2.84. The molecule has 1 heterocycles. The molecule has 17 heavy (non-hydrogen) atoms. The van der Waals surface area contributed by atoms with E-state index in [1.807, 2.05) is 30.1 Å². The predicted molar refractivity (Wildman–Crippen MR) is 78.0 cm³/mol. The molecular weight excluding hydrogens is 246 g/mol. The number of aryl methyl sites for hydroxylation is 1. The van der Waals surface area contributed by atoms with Crippen LogP contribution in [0.5, 0.6) is 0 Å². The normalized spacial score (nSPS) is 10.6. The number of rotatable bonds is 6. The van der Waals surface area contributed by atoms with Crippen molar-refractivity contribution in [3.8, 4) is 0 Å². The van der Waals surface area contributed by atoms with Crippen molar-refractivity contribution >= 4 is 23.1 Å². The van der Waals surface area contributed by atoms with E-state index < -0.39 is 0 Å². The number of thiophene rings is 1. The van der Waals surface area contributed by atoms with Crippen LogP contribution in [0.25, 0.3) is 0 Å². The molecule has 2 aromatic rings. The van der Waals surface area contributed by atoms with Crippen molar-refractivity contribution in [1.29, 1.82) is 0 Å². The fourth-order valence-corrected chi connectivity index (χ4v) is 3.36. The summed E-state index contributed by atoms with van der Waals surface area (Å²) in [6.45, 7) is 0.945.